The topological polar surface area (TPSA) is 133 Å². The highest BCUT2D eigenvalue weighted by atomic mass is 32.1. The lowest BCUT2D eigenvalue weighted by Gasteiger charge is -2.32. The van der Waals surface area contributed by atoms with Crippen molar-refractivity contribution in [1.29, 1.82) is 0 Å². The zero-order valence-corrected chi connectivity index (χ0v) is 22.8. The van der Waals surface area contributed by atoms with Crippen LogP contribution in [0.3, 0.4) is 0 Å². The van der Waals surface area contributed by atoms with Crippen LogP contribution in [-0.2, 0) is 19.1 Å². The first-order chi connectivity index (χ1) is 18.7. The molecular formula is C28H28N4O6S. The minimum Gasteiger partial charge on any atom is -0.465 e. The molecule has 0 spiro atoms. The van der Waals surface area contributed by atoms with Crippen LogP contribution in [0.2, 0.25) is 0 Å². The Morgan fingerprint density at radius 2 is 1.74 bits per heavy atom. The molecule has 1 aromatic heterocycles. The number of thiazole rings is 1. The third kappa shape index (κ3) is 5.88. The third-order valence-corrected chi connectivity index (χ3v) is 7.04. The number of nitro benzene ring substituents is 1. The van der Waals surface area contributed by atoms with Crippen molar-refractivity contribution in [3.05, 3.63) is 80.9 Å². The van der Waals surface area contributed by atoms with Crippen molar-refractivity contribution in [3.63, 3.8) is 0 Å². The first-order valence-electron chi connectivity index (χ1n) is 12.4. The summed E-state index contributed by atoms with van der Waals surface area (Å²) in [6.07, 6.45) is 0. The molecule has 0 fully saturated rings. The van der Waals surface area contributed by atoms with Crippen molar-refractivity contribution >= 4 is 45.5 Å². The van der Waals surface area contributed by atoms with Gasteiger partial charge < -0.3 is 14.8 Å². The second-order valence-corrected chi connectivity index (χ2v) is 9.59. The quantitative estimate of drug-likeness (QED) is 0.194. The van der Waals surface area contributed by atoms with Crippen molar-refractivity contribution in [2.75, 3.05) is 18.5 Å². The Balaban J connectivity index is 1.74. The molecule has 1 aliphatic rings. The molecule has 11 heteroatoms. The second-order valence-electron chi connectivity index (χ2n) is 8.73. The molecule has 0 saturated heterocycles. The minimum atomic E-state index is -0.817. The van der Waals surface area contributed by atoms with E-state index in [1.54, 1.807) is 39.8 Å². The molecule has 1 N–H and O–H groups in total. The molecule has 1 aliphatic heterocycles. The van der Waals surface area contributed by atoms with E-state index in [0.29, 0.717) is 39.1 Å². The average Bonchev–Trinajstić information content (AvgIpc) is 3.37. The van der Waals surface area contributed by atoms with Gasteiger partial charge in [0.2, 0.25) is 0 Å². The van der Waals surface area contributed by atoms with Crippen molar-refractivity contribution in [1.82, 2.24) is 4.98 Å². The number of non-ortho nitro benzene ring substituents is 1. The summed E-state index contributed by atoms with van der Waals surface area (Å²) < 4.78 is 10.8. The molecule has 39 heavy (non-hydrogen) atoms. The molecule has 2 aromatic carbocycles. The van der Waals surface area contributed by atoms with Crippen molar-refractivity contribution < 1.29 is 24.0 Å². The number of hydrogen-bond donors (Lipinski definition) is 1. The Morgan fingerprint density at radius 1 is 1.05 bits per heavy atom. The van der Waals surface area contributed by atoms with E-state index in [1.165, 1.54) is 23.5 Å². The van der Waals surface area contributed by atoms with Crippen LogP contribution in [0, 0.1) is 16.0 Å². The number of carbonyl (C=O) groups excluding carboxylic acids is 2. The number of rotatable bonds is 9. The van der Waals surface area contributed by atoms with E-state index < -0.39 is 28.7 Å². The highest BCUT2D eigenvalue weighted by Crippen LogP contribution is 2.43. The lowest BCUT2D eigenvalue weighted by atomic mass is 9.75. The maximum absolute atomic E-state index is 13.2. The maximum Gasteiger partial charge on any atom is 0.336 e. The largest absolute Gasteiger partial charge is 0.465 e. The number of para-hydroxylation sites is 1. The molecule has 10 nitrogen and oxygen atoms in total. The predicted molar refractivity (Wildman–Crippen MR) is 149 cm³/mol. The van der Waals surface area contributed by atoms with E-state index in [9.17, 15) is 19.7 Å². The molecule has 0 saturated carbocycles. The summed E-state index contributed by atoms with van der Waals surface area (Å²) in [6, 6.07) is 13.6. The number of allylic oxidation sites excluding steroid dienone is 1. The molecular weight excluding hydrogens is 520 g/mol. The summed E-state index contributed by atoms with van der Waals surface area (Å²) in [5.74, 6) is -2.51. The number of carbonyl (C=O) groups is 2. The van der Waals surface area contributed by atoms with Gasteiger partial charge in [-0.3, -0.25) is 19.9 Å². The van der Waals surface area contributed by atoms with E-state index in [-0.39, 0.29) is 18.9 Å². The zero-order valence-electron chi connectivity index (χ0n) is 22.0. The van der Waals surface area contributed by atoms with Gasteiger partial charge in [0.05, 0.1) is 29.4 Å². The number of benzene rings is 2. The second kappa shape index (κ2) is 12.0. The minimum absolute atomic E-state index is 0.00414. The number of anilines is 2. The Hall–Kier alpha value is -4.38. The van der Waals surface area contributed by atoms with Crippen molar-refractivity contribution in [2.45, 2.75) is 33.6 Å². The lowest BCUT2D eigenvalue weighted by molar-refractivity contribution is -0.384. The number of nitro groups is 1. The zero-order chi connectivity index (χ0) is 28.1. The third-order valence-electron chi connectivity index (χ3n) is 6.28. The van der Waals surface area contributed by atoms with Gasteiger partial charge >= 0.3 is 11.9 Å². The van der Waals surface area contributed by atoms with Crippen LogP contribution in [0.15, 0.2) is 70.2 Å². The lowest BCUT2D eigenvalue weighted by Crippen LogP contribution is -2.36. The fraction of sp³-hybridized carbons (Fsp3) is 0.286. The molecule has 2 atom stereocenters. The highest BCUT2D eigenvalue weighted by Gasteiger charge is 2.43. The van der Waals surface area contributed by atoms with Crippen LogP contribution < -0.4 is 5.32 Å². The van der Waals surface area contributed by atoms with E-state index in [4.69, 9.17) is 9.47 Å². The first kappa shape index (κ1) is 27.6. The summed E-state index contributed by atoms with van der Waals surface area (Å²) in [6.45, 7) is 7.32. The Morgan fingerprint density at radius 3 is 2.41 bits per heavy atom. The summed E-state index contributed by atoms with van der Waals surface area (Å²) in [4.78, 5) is 46.0. The number of hydrogen-bond acceptors (Lipinski definition) is 10. The molecule has 2 unspecified atom stereocenters. The van der Waals surface area contributed by atoms with Gasteiger partial charge in [-0.2, -0.15) is 0 Å². The molecule has 3 aromatic rings. The summed E-state index contributed by atoms with van der Waals surface area (Å²) in [7, 11) is 0. The molecule has 0 amide bonds. The Labute approximate surface area is 229 Å². The van der Waals surface area contributed by atoms with E-state index >= 15 is 0 Å². The molecule has 202 valence electrons. The summed E-state index contributed by atoms with van der Waals surface area (Å²) in [5, 5.41) is 16.7. The van der Waals surface area contributed by atoms with Crippen molar-refractivity contribution in [2.24, 2.45) is 10.9 Å². The molecule has 0 aliphatic carbocycles. The van der Waals surface area contributed by atoms with Crippen LogP contribution in [0.25, 0.3) is 11.3 Å². The molecule has 0 bridgehead atoms. The van der Waals surface area contributed by atoms with Gasteiger partial charge in [-0.15, -0.1) is 11.3 Å². The monoisotopic (exact) mass is 548 g/mol. The fourth-order valence-electron chi connectivity index (χ4n) is 4.60. The van der Waals surface area contributed by atoms with E-state index in [1.807, 2.05) is 29.6 Å². The SMILES string of the molecule is CCOC(=O)C1=C(C)N=C(C)C(C(=O)OCC)C1c1ccccc1Nc1nc(-c2ccc([N+](=O)[O-])cc2)cs1. The van der Waals surface area contributed by atoms with Gasteiger partial charge in [-0.05, 0) is 51.5 Å². The smallest absolute Gasteiger partial charge is 0.336 e. The summed E-state index contributed by atoms with van der Waals surface area (Å²) in [5.41, 5.74) is 4.09. The number of ether oxygens (including phenoxy) is 2. The molecule has 4 rings (SSSR count). The Bertz CT molecular complexity index is 1460. The van der Waals surface area contributed by atoms with Crippen LogP contribution in [0.4, 0.5) is 16.5 Å². The summed E-state index contributed by atoms with van der Waals surface area (Å²) >= 11 is 1.36. The van der Waals surface area contributed by atoms with Crippen LogP contribution in [0.1, 0.15) is 39.2 Å². The van der Waals surface area contributed by atoms with E-state index in [2.05, 4.69) is 15.3 Å². The van der Waals surface area contributed by atoms with Gasteiger partial charge in [0.1, 0.15) is 5.92 Å². The number of aromatic nitrogens is 1. The van der Waals surface area contributed by atoms with Gasteiger partial charge in [0.25, 0.3) is 5.69 Å². The van der Waals surface area contributed by atoms with Crippen LogP contribution in [0.5, 0.6) is 0 Å². The molecule has 2 heterocycles. The van der Waals surface area contributed by atoms with E-state index in [0.717, 1.165) is 5.56 Å². The number of nitrogens with one attached hydrogen (secondary N) is 1. The Kier molecular flexibility index (Phi) is 8.50. The number of aliphatic imine (C=N–C) groups is 1. The fourth-order valence-corrected chi connectivity index (χ4v) is 5.33. The van der Waals surface area contributed by atoms with Gasteiger partial charge in [-0.1, -0.05) is 18.2 Å². The normalized spacial score (nSPS) is 16.9. The van der Waals surface area contributed by atoms with Crippen LogP contribution >= 0.6 is 11.3 Å². The molecule has 0 radical (unpaired) electrons. The van der Waals surface area contributed by atoms with Gasteiger partial charge in [-0.25, -0.2) is 9.78 Å². The van der Waals surface area contributed by atoms with Crippen molar-refractivity contribution in [3.8, 4) is 11.3 Å². The number of esters is 2. The first-order valence-corrected chi connectivity index (χ1v) is 13.3. The van der Waals surface area contributed by atoms with Crippen LogP contribution in [-0.4, -0.2) is 40.8 Å². The highest BCUT2D eigenvalue weighted by molar-refractivity contribution is 7.14. The predicted octanol–water partition coefficient (Wildman–Crippen LogP) is 6.04. The maximum atomic E-state index is 13.2. The van der Waals surface area contributed by atoms with Gasteiger partial charge in [0, 0.05) is 46.1 Å². The standard InChI is InChI=1S/C28H28N4O6S/c1-5-37-26(33)23-16(3)29-17(4)24(27(34)38-6-2)25(23)20-9-7-8-10-21(20)30-28-31-22(15-39-28)18-11-13-19(14-12-18)32(35)36/h7-15,23,25H,5-6H2,1-4H3,(H,30,31). The average molecular weight is 549 g/mol. The number of nitrogens with zero attached hydrogens (tertiary/aromatic N) is 3. The van der Waals surface area contributed by atoms with Gasteiger partial charge in [0.15, 0.2) is 5.13 Å².